The number of aliphatic hydroxyl groups is 1. The lowest BCUT2D eigenvalue weighted by molar-refractivity contribution is -0.147. The fourth-order valence-corrected chi connectivity index (χ4v) is 8.22. The molecule has 4 aliphatic carbocycles. The SMILES string of the molecule is CN1C(=O)CC[C@@]2(C)C1=CCC1C2[C@@H](O)C[C@@]2(C)C1CC[C@@H]2CC(=O)NC1CCC1. The Hall–Kier alpha value is -1.36. The first kappa shape index (κ1) is 20.5. The van der Waals surface area contributed by atoms with Gasteiger partial charge in [-0.25, -0.2) is 0 Å². The van der Waals surface area contributed by atoms with Crippen LogP contribution in [-0.2, 0) is 9.59 Å². The molecule has 0 aromatic rings. The molecule has 166 valence electrons. The van der Waals surface area contributed by atoms with Crippen molar-refractivity contribution in [2.45, 2.75) is 90.2 Å². The lowest BCUT2D eigenvalue weighted by atomic mass is 9.48. The molecule has 1 heterocycles. The van der Waals surface area contributed by atoms with Gasteiger partial charge in [0.1, 0.15) is 0 Å². The quantitative estimate of drug-likeness (QED) is 0.741. The predicted octanol–water partition coefficient (Wildman–Crippen LogP) is 3.62. The Balaban J connectivity index is 1.38. The first-order valence-corrected chi connectivity index (χ1v) is 12.2. The minimum Gasteiger partial charge on any atom is -0.393 e. The van der Waals surface area contributed by atoms with Crippen LogP contribution in [0.2, 0.25) is 0 Å². The summed E-state index contributed by atoms with van der Waals surface area (Å²) < 4.78 is 0. The molecule has 7 atom stereocenters. The number of likely N-dealkylation sites (tertiary alicyclic amines) is 1. The summed E-state index contributed by atoms with van der Waals surface area (Å²) in [6.45, 7) is 4.63. The molecule has 5 rings (SSSR count). The molecule has 0 bridgehead atoms. The number of rotatable bonds is 3. The van der Waals surface area contributed by atoms with E-state index in [0.717, 1.165) is 44.2 Å². The molecule has 5 heteroatoms. The number of hydrogen-bond donors (Lipinski definition) is 2. The van der Waals surface area contributed by atoms with Gasteiger partial charge in [-0.15, -0.1) is 0 Å². The Labute approximate surface area is 180 Å². The lowest BCUT2D eigenvalue weighted by Gasteiger charge is -2.60. The van der Waals surface area contributed by atoms with Crippen LogP contribution in [0.15, 0.2) is 11.8 Å². The van der Waals surface area contributed by atoms with Crippen molar-refractivity contribution in [1.82, 2.24) is 10.2 Å². The molecule has 0 aromatic heterocycles. The van der Waals surface area contributed by atoms with Gasteiger partial charge in [0.15, 0.2) is 0 Å². The first-order chi connectivity index (χ1) is 14.2. The highest BCUT2D eigenvalue weighted by Gasteiger charge is 2.62. The maximum Gasteiger partial charge on any atom is 0.226 e. The van der Waals surface area contributed by atoms with Gasteiger partial charge in [0.25, 0.3) is 0 Å². The van der Waals surface area contributed by atoms with Gasteiger partial charge in [-0.1, -0.05) is 19.9 Å². The van der Waals surface area contributed by atoms with Gasteiger partial charge in [-0.2, -0.15) is 0 Å². The smallest absolute Gasteiger partial charge is 0.226 e. The monoisotopic (exact) mass is 414 g/mol. The Morgan fingerprint density at radius 2 is 2.03 bits per heavy atom. The minimum atomic E-state index is -0.359. The van der Waals surface area contributed by atoms with E-state index in [0.29, 0.717) is 36.6 Å². The zero-order chi connectivity index (χ0) is 21.3. The van der Waals surface area contributed by atoms with Crippen molar-refractivity contribution in [2.24, 2.45) is 34.5 Å². The van der Waals surface area contributed by atoms with Crippen molar-refractivity contribution in [3.63, 3.8) is 0 Å². The third-order valence-corrected chi connectivity index (χ3v) is 10.0. The van der Waals surface area contributed by atoms with Gasteiger partial charge in [0.2, 0.25) is 11.8 Å². The number of carbonyl (C=O) groups excluding carboxylic acids is 2. The topological polar surface area (TPSA) is 69.6 Å². The maximum absolute atomic E-state index is 12.7. The van der Waals surface area contributed by atoms with E-state index in [-0.39, 0.29) is 34.7 Å². The molecule has 2 N–H and O–H groups in total. The van der Waals surface area contributed by atoms with E-state index < -0.39 is 0 Å². The molecular weight excluding hydrogens is 376 g/mol. The number of nitrogens with one attached hydrogen (secondary N) is 1. The average molecular weight is 415 g/mol. The molecule has 1 saturated heterocycles. The van der Waals surface area contributed by atoms with Crippen LogP contribution in [0, 0.1) is 34.5 Å². The molecule has 1 aliphatic heterocycles. The molecule has 2 amide bonds. The summed E-state index contributed by atoms with van der Waals surface area (Å²) in [7, 11) is 1.90. The largest absolute Gasteiger partial charge is 0.393 e. The van der Waals surface area contributed by atoms with Crippen LogP contribution in [0.3, 0.4) is 0 Å². The van der Waals surface area contributed by atoms with Crippen molar-refractivity contribution < 1.29 is 14.7 Å². The predicted molar refractivity (Wildman–Crippen MR) is 115 cm³/mol. The van der Waals surface area contributed by atoms with Crippen LogP contribution in [0.4, 0.5) is 0 Å². The van der Waals surface area contributed by atoms with Gasteiger partial charge >= 0.3 is 0 Å². The molecule has 3 unspecified atom stereocenters. The fourth-order valence-electron chi connectivity index (χ4n) is 8.22. The van der Waals surface area contributed by atoms with E-state index in [1.165, 1.54) is 12.8 Å². The molecule has 0 radical (unpaired) electrons. The van der Waals surface area contributed by atoms with Gasteiger partial charge in [-0.3, -0.25) is 9.59 Å². The summed E-state index contributed by atoms with van der Waals surface area (Å²) in [6.07, 6.45) is 11.5. The van der Waals surface area contributed by atoms with Crippen LogP contribution < -0.4 is 5.32 Å². The van der Waals surface area contributed by atoms with E-state index in [1.54, 1.807) is 0 Å². The number of carbonyl (C=O) groups is 2. The van der Waals surface area contributed by atoms with Crippen molar-refractivity contribution in [2.75, 3.05) is 7.05 Å². The third kappa shape index (κ3) is 2.91. The number of fused-ring (bicyclic) bond motifs is 5. The number of nitrogens with zero attached hydrogens (tertiary/aromatic N) is 1. The molecule has 4 fully saturated rings. The van der Waals surface area contributed by atoms with Gasteiger partial charge in [-0.05, 0) is 80.5 Å². The van der Waals surface area contributed by atoms with Crippen molar-refractivity contribution in [3.05, 3.63) is 11.8 Å². The summed E-state index contributed by atoms with van der Waals surface area (Å²) in [6, 6.07) is 0.400. The number of hydrogen-bond acceptors (Lipinski definition) is 3. The first-order valence-electron chi connectivity index (χ1n) is 12.2. The van der Waals surface area contributed by atoms with E-state index in [1.807, 2.05) is 11.9 Å². The van der Waals surface area contributed by atoms with Crippen LogP contribution in [-0.4, -0.2) is 41.0 Å². The van der Waals surface area contributed by atoms with Crippen molar-refractivity contribution in [1.29, 1.82) is 0 Å². The molecule has 3 saturated carbocycles. The van der Waals surface area contributed by atoms with Crippen LogP contribution >= 0.6 is 0 Å². The highest BCUT2D eigenvalue weighted by Crippen LogP contribution is 2.66. The normalized spacial score (nSPS) is 45.7. The molecule has 0 spiro atoms. The standard InChI is InChI=1S/C25H38N2O3/c1-24-12-11-22(30)27(3)20(24)10-8-17-18-9-7-15(13-21(29)26-16-5-4-6-16)25(18,2)14-19(28)23(17)24/h10,15-19,23,28H,4-9,11-14H2,1-3H3,(H,26,29)/t15-,17?,18?,19+,23?,24+,25-/m1/s1. The Morgan fingerprint density at radius 1 is 1.27 bits per heavy atom. The summed E-state index contributed by atoms with van der Waals surface area (Å²) in [5, 5.41) is 14.7. The van der Waals surface area contributed by atoms with Gasteiger partial charge < -0.3 is 15.3 Å². The molecule has 0 aromatic carbocycles. The number of piperidine rings is 1. The molecular formula is C25H38N2O3. The molecule has 5 nitrogen and oxygen atoms in total. The number of amides is 2. The summed E-state index contributed by atoms with van der Waals surface area (Å²) in [5.74, 6) is 2.01. The fraction of sp³-hybridized carbons (Fsp3) is 0.840. The lowest BCUT2D eigenvalue weighted by Crippen LogP contribution is -2.58. The van der Waals surface area contributed by atoms with Crippen molar-refractivity contribution in [3.8, 4) is 0 Å². The Morgan fingerprint density at radius 3 is 2.73 bits per heavy atom. The summed E-state index contributed by atoms with van der Waals surface area (Å²) >= 11 is 0. The highest BCUT2D eigenvalue weighted by molar-refractivity contribution is 5.79. The number of allylic oxidation sites excluding steroid dienone is 2. The number of aliphatic hydroxyl groups excluding tert-OH is 1. The average Bonchev–Trinajstić information content (AvgIpc) is 2.97. The van der Waals surface area contributed by atoms with E-state index in [2.05, 4.69) is 25.2 Å². The van der Waals surface area contributed by atoms with Crippen LogP contribution in [0.5, 0.6) is 0 Å². The zero-order valence-electron chi connectivity index (χ0n) is 18.8. The van der Waals surface area contributed by atoms with Crippen LogP contribution in [0.1, 0.15) is 78.1 Å². The minimum absolute atomic E-state index is 0.0373. The second-order valence-electron chi connectivity index (χ2n) is 11.4. The van der Waals surface area contributed by atoms with E-state index in [4.69, 9.17) is 0 Å². The third-order valence-electron chi connectivity index (χ3n) is 10.0. The molecule has 30 heavy (non-hydrogen) atoms. The van der Waals surface area contributed by atoms with E-state index in [9.17, 15) is 14.7 Å². The molecule has 5 aliphatic rings. The Bertz CT molecular complexity index is 774. The van der Waals surface area contributed by atoms with Crippen LogP contribution in [0.25, 0.3) is 0 Å². The Kier molecular flexibility index (Phi) is 4.85. The summed E-state index contributed by atoms with van der Waals surface area (Å²) in [4.78, 5) is 26.8. The van der Waals surface area contributed by atoms with Crippen molar-refractivity contribution >= 4 is 11.8 Å². The van der Waals surface area contributed by atoms with Gasteiger partial charge in [0.05, 0.1) is 6.10 Å². The zero-order valence-corrected chi connectivity index (χ0v) is 18.8. The maximum atomic E-state index is 12.7. The second-order valence-corrected chi connectivity index (χ2v) is 11.4. The second kappa shape index (κ2) is 7.08. The van der Waals surface area contributed by atoms with Gasteiger partial charge in [0, 0.05) is 37.0 Å². The van der Waals surface area contributed by atoms with E-state index >= 15 is 0 Å². The highest BCUT2D eigenvalue weighted by atomic mass is 16.3. The summed E-state index contributed by atoms with van der Waals surface area (Å²) in [5.41, 5.74) is 1.05.